The van der Waals surface area contributed by atoms with E-state index in [0.29, 0.717) is 61.2 Å². The normalized spacial score (nSPS) is 13.5. The third-order valence-electron chi connectivity index (χ3n) is 6.46. The van der Waals surface area contributed by atoms with Gasteiger partial charge in [-0.05, 0) is 20.8 Å². The number of amides is 1. The molecular formula is C28H62N3O9S2+. The molecule has 0 aliphatic heterocycles. The Hall–Kier alpha value is -0.870. The fraction of sp³-hybridized carbons (Fsp3) is 0.964. The van der Waals surface area contributed by atoms with Crippen molar-refractivity contribution in [3.05, 3.63) is 0 Å². The number of nitrogens with zero attached hydrogens (tertiary/aromatic N) is 3. The van der Waals surface area contributed by atoms with Gasteiger partial charge in [-0.15, -0.1) is 0 Å². The number of methoxy groups -OCH3 is 1. The minimum Gasteiger partial charge on any atom is -0.748 e. The maximum Gasteiger partial charge on any atom is 0.265 e. The highest BCUT2D eigenvalue weighted by atomic mass is 32.2. The van der Waals surface area contributed by atoms with Gasteiger partial charge in [0.05, 0.1) is 89.1 Å². The molecule has 0 spiro atoms. The van der Waals surface area contributed by atoms with E-state index in [1.54, 1.807) is 7.11 Å². The number of carbonyl (C=O) groups is 1. The molecular weight excluding hydrogens is 586 g/mol. The summed E-state index contributed by atoms with van der Waals surface area (Å²) in [4.78, 5) is 14.8. The van der Waals surface area contributed by atoms with Crippen LogP contribution < -0.4 is 0 Å². The van der Waals surface area contributed by atoms with Crippen LogP contribution in [0.15, 0.2) is 0 Å². The molecule has 0 unspecified atom stereocenters. The lowest BCUT2D eigenvalue weighted by atomic mass is 9.94. The summed E-state index contributed by atoms with van der Waals surface area (Å²) in [5.41, 5.74) is -0.536. The molecule has 12 nitrogen and oxygen atoms in total. The Bertz CT molecular complexity index is 914. The summed E-state index contributed by atoms with van der Waals surface area (Å²) < 4.78 is 74.5. The van der Waals surface area contributed by atoms with Crippen LogP contribution in [-0.4, -0.2) is 151 Å². The first-order valence-electron chi connectivity index (χ1n) is 14.6. The van der Waals surface area contributed by atoms with Crippen molar-refractivity contribution in [3.8, 4) is 0 Å². The van der Waals surface area contributed by atoms with E-state index < -0.39 is 25.7 Å². The second kappa shape index (κ2) is 18.8. The number of carbonyl (C=O) groups excluding carboxylic acids is 1. The molecule has 1 amide bonds. The number of hydrogen-bond acceptors (Lipinski definition) is 8. The van der Waals surface area contributed by atoms with E-state index >= 15 is 0 Å². The number of ether oxygens (including phenoxy) is 2. The summed E-state index contributed by atoms with van der Waals surface area (Å²) in [6.45, 7) is 17.0. The maximum absolute atomic E-state index is 13.0. The zero-order chi connectivity index (χ0) is 33.5. The molecule has 42 heavy (non-hydrogen) atoms. The molecule has 0 bridgehead atoms. The lowest BCUT2D eigenvalue weighted by Gasteiger charge is -2.34. The SMILES string of the molecule is CC(C)(C)C(=O)N(CCC[N+](C)(C)CCCS(=O)(=O)[O-])CCC[N+](C)(C)CCCS(=O)(=O)O.COCCOC(C)(C)C. The summed E-state index contributed by atoms with van der Waals surface area (Å²) in [5.74, 6) is -0.540. The van der Waals surface area contributed by atoms with Crippen LogP contribution in [0.3, 0.4) is 0 Å². The third-order valence-corrected chi connectivity index (χ3v) is 8.05. The predicted molar refractivity (Wildman–Crippen MR) is 167 cm³/mol. The van der Waals surface area contributed by atoms with E-state index in [2.05, 4.69) is 0 Å². The molecule has 0 atom stereocenters. The van der Waals surface area contributed by atoms with Gasteiger partial charge in [0.15, 0.2) is 0 Å². The standard InChI is InChI=1S/C21H45N3O7S2.C7H16O2/c1-21(2,3)20(25)22(12-8-14-23(4,5)16-10-18-32(26,27)28)13-9-15-24(6,7)17-11-19-33(29,30)31;1-7(2,3)9-6-5-8-4/h8-19H2,1-7H3;5-6H2,1-4H3/p+1. The molecule has 0 saturated heterocycles. The summed E-state index contributed by atoms with van der Waals surface area (Å²) >= 11 is 0. The van der Waals surface area contributed by atoms with E-state index in [0.717, 1.165) is 25.9 Å². The van der Waals surface area contributed by atoms with Crippen LogP contribution in [0.2, 0.25) is 0 Å². The topological polar surface area (TPSA) is 150 Å². The molecule has 0 aromatic heterocycles. The molecule has 0 aromatic rings. The molecule has 1 N–H and O–H groups in total. The molecule has 0 fully saturated rings. The highest BCUT2D eigenvalue weighted by Crippen LogP contribution is 2.19. The zero-order valence-corrected chi connectivity index (χ0v) is 29.9. The van der Waals surface area contributed by atoms with Crippen molar-refractivity contribution >= 4 is 26.1 Å². The summed E-state index contributed by atoms with van der Waals surface area (Å²) in [6, 6.07) is 0. The molecule has 0 rings (SSSR count). The van der Waals surface area contributed by atoms with Gasteiger partial charge in [-0.1, -0.05) is 20.8 Å². The highest BCUT2D eigenvalue weighted by Gasteiger charge is 2.28. The summed E-state index contributed by atoms with van der Waals surface area (Å²) in [5, 5.41) is 0. The van der Waals surface area contributed by atoms with Crippen LogP contribution in [0.25, 0.3) is 0 Å². The average Bonchev–Trinajstić information content (AvgIpc) is 2.74. The lowest BCUT2D eigenvalue weighted by Crippen LogP contribution is -2.46. The average molecular weight is 649 g/mol. The number of rotatable bonds is 19. The second-order valence-electron chi connectivity index (χ2n) is 14.2. The van der Waals surface area contributed by atoms with Crippen LogP contribution in [-0.2, 0) is 34.5 Å². The predicted octanol–water partition coefficient (Wildman–Crippen LogP) is 2.46. The maximum atomic E-state index is 13.0. The van der Waals surface area contributed by atoms with Crippen LogP contribution in [0, 0.1) is 5.41 Å². The van der Waals surface area contributed by atoms with Crippen molar-refractivity contribution in [2.75, 3.05) is 99.3 Å². The van der Waals surface area contributed by atoms with Gasteiger partial charge in [0.1, 0.15) is 0 Å². The van der Waals surface area contributed by atoms with E-state index in [1.165, 1.54) is 0 Å². The van der Waals surface area contributed by atoms with Crippen molar-refractivity contribution in [2.24, 2.45) is 5.41 Å². The van der Waals surface area contributed by atoms with Gasteiger partial charge in [-0.3, -0.25) is 9.35 Å². The Morgan fingerprint density at radius 3 is 1.50 bits per heavy atom. The molecule has 0 aromatic carbocycles. The first kappa shape index (κ1) is 43.3. The fourth-order valence-corrected chi connectivity index (χ4v) is 5.14. The molecule has 0 radical (unpaired) electrons. The lowest BCUT2D eigenvalue weighted by molar-refractivity contribution is -0.890. The first-order valence-corrected chi connectivity index (χ1v) is 17.8. The van der Waals surface area contributed by atoms with Crippen LogP contribution in [0.5, 0.6) is 0 Å². The Labute approximate surface area is 257 Å². The molecule has 0 saturated carbocycles. The Morgan fingerprint density at radius 1 is 0.762 bits per heavy atom. The minimum absolute atomic E-state index is 0.0292. The smallest absolute Gasteiger partial charge is 0.265 e. The van der Waals surface area contributed by atoms with Crippen molar-refractivity contribution in [2.45, 2.75) is 72.8 Å². The van der Waals surface area contributed by atoms with Crippen molar-refractivity contribution in [1.29, 1.82) is 0 Å². The van der Waals surface area contributed by atoms with Crippen molar-refractivity contribution < 1.29 is 49.2 Å². The molecule has 254 valence electrons. The minimum atomic E-state index is -4.20. The zero-order valence-electron chi connectivity index (χ0n) is 28.3. The molecule has 0 aliphatic carbocycles. The first-order chi connectivity index (χ1) is 18.7. The Balaban J connectivity index is 0. The van der Waals surface area contributed by atoms with Gasteiger partial charge >= 0.3 is 0 Å². The van der Waals surface area contributed by atoms with Gasteiger partial charge in [0, 0.05) is 57.1 Å². The van der Waals surface area contributed by atoms with Crippen molar-refractivity contribution in [1.82, 2.24) is 4.90 Å². The van der Waals surface area contributed by atoms with Gasteiger partial charge in [-0.2, -0.15) is 8.42 Å². The number of hydrogen-bond donors (Lipinski definition) is 1. The van der Waals surface area contributed by atoms with Crippen molar-refractivity contribution in [3.63, 3.8) is 0 Å². The number of quaternary nitrogens is 2. The third kappa shape index (κ3) is 27.9. The van der Waals surface area contributed by atoms with E-state index in [-0.39, 0.29) is 23.0 Å². The van der Waals surface area contributed by atoms with E-state index in [9.17, 15) is 26.2 Å². The largest absolute Gasteiger partial charge is 0.748 e. The highest BCUT2D eigenvalue weighted by molar-refractivity contribution is 7.85. The quantitative estimate of drug-likeness (QED) is 0.127. The van der Waals surface area contributed by atoms with Gasteiger partial charge < -0.3 is 27.9 Å². The van der Waals surface area contributed by atoms with Crippen LogP contribution in [0.1, 0.15) is 67.2 Å². The van der Waals surface area contributed by atoms with Crippen LogP contribution >= 0.6 is 0 Å². The van der Waals surface area contributed by atoms with Crippen LogP contribution in [0.4, 0.5) is 0 Å². The Morgan fingerprint density at radius 2 is 1.17 bits per heavy atom. The summed E-state index contributed by atoms with van der Waals surface area (Å²) in [7, 11) is 1.49. The Kier molecular flexibility index (Phi) is 19.4. The van der Waals surface area contributed by atoms with E-state index in [1.807, 2.05) is 74.6 Å². The van der Waals surface area contributed by atoms with Gasteiger partial charge in [0.2, 0.25) is 5.91 Å². The molecule has 0 heterocycles. The van der Waals surface area contributed by atoms with Gasteiger partial charge in [0.25, 0.3) is 10.1 Å². The monoisotopic (exact) mass is 648 g/mol. The fourth-order valence-electron chi connectivity index (χ4n) is 4.17. The van der Waals surface area contributed by atoms with E-state index in [4.69, 9.17) is 14.0 Å². The molecule has 0 aliphatic rings. The summed E-state index contributed by atoms with van der Waals surface area (Å²) in [6.07, 6.45) is 2.21. The van der Waals surface area contributed by atoms with Gasteiger partial charge in [-0.25, -0.2) is 8.42 Å². The molecule has 14 heteroatoms. The second-order valence-corrected chi connectivity index (χ2v) is 17.3.